The van der Waals surface area contributed by atoms with Crippen LogP contribution in [0.5, 0.6) is 5.75 Å². The van der Waals surface area contributed by atoms with E-state index >= 15 is 0 Å². The van der Waals surface area contributed by atoms with Gasteiger partial charge < -0.3 is 9.64 Å². The Morgan fingerprint density at radius 1 is 1.45 bits per heavy atom. The fourth-order valence-corrected chi connectivity index (χ4v) is 1.87. The fraction of sp³-hybridized carbons (Fsp3) is 0.357. The van der Waals surface area contributed by atoms with Crippen molar-refractivity contribution >= 4 is 12.0 Å². The number of carbonyl (C=O) groups excluding carboxylic acids is 1. The third-order valence-electron chi connectivity index (χ3n) is 3.11. The van der Waals surface area contributed by atoms with Crippen molar-refractivity contribution < 1.29 is 22.7 Å². The summed E-state index contributed by atoms with van der Waals surface area (Å²) in [5, 5.41) is 0. The minimum absolute atomic E-state index is 0.0951. The highest BCUT2D eigenvalue weighted by Crippen LogP contribution is 2.32. The maximum atomic E-state index is 12.4. The quantitative estimate of drug-likeness (QED) is 0.848. The number of amides is 1. The second-order valence-corrected chi connectivity index (χ2v) is 4.65. The normalized spacial score (nSPS) is 14.8. The van der Waals surface area contributed by atoms with Crippen molar-refractivity contribution in [2.75, 3.05) is 7.05 Å². The molecule has 0 N–H and O–H groups in total. The van der Waals surface area contributed by atoms with Crippen LogP contribution in [0.2, 0.25) is 0 Å². The van der Waals surface area contributed by atoms with Gasteiger partial charge in [0.25, 0.3) is 5.91 Å². The molecule has 3 nitrogen and oxygen atoms in total. The Morgan fingerprint density at radius 2 is 2.10 bits per heavy atom. The Morgan fingerprint density at radius 3 is 2.60 bits per heavy atom. The Labute approximate surface area is 114 Å². The van der Waals surface area contributed by atoms with Crippen molar-refractivity contribution in [3.05, 3.63) is 35.9 Å². The Hall–Kier alpha value is -1.98. The summed E-state index contributed by atoms with van der Waals surface area (Å²) in [6, 6.07) is 4.14. The number of carbonyl (C=O) groups is 1. The summed E-state index contributed by atoms with van der Waals surface area (Å²) in [6.07, 6.45) is -1.69. The molecule has 0 bridgehead atoms. The van der Waals surface area contributed by atoms with Crippen molar-refractivity contribution in [2.45, 2.75) is 25.2 Å². The first-order chi connectivity index (χ1) is 9.31. The summed E-state index contributed by atoms with van der Waals surface area (Å²) in [7, 11) is 1.58. The molecule has 0 radical (unpaired) electrons. The van der Waals surface area contributed by atoms with Gasteiger partial charge in [0.05, 0.1) is 5.56 Å². The van der Waals surface area contributed by atoms with Crippen LogP contribution in [0.1, 0.15) is 28.8 Å². The van der Waals surface area contributed by atoms with Gasteiger partial charge in [-0.25, -0.2) is 0 Å². The van der Waals surface area contributed by atoms with Crippen molar-refractivity contribution in [1.29, 1.82) is 0 Å². The number of alkyl halides is 3. The van der Waals surface area contributed by atoms with Gasteiger partial charge in [-0.15, -0.1) is 13.2 Å². The molecule has 1 aliphatic carbocycles. The number of ether oxygens (including phenoxy) is 1. The zero-order valence-electron chi connectivity index (χ0n) is 10.9. The van der Waals surface area contributed by atoms with Gasteiger partial charge in [0.15, 0.2) is 0 Å². The second kappa shape index (κ2) is 5.19. The molecule has 1 aromatic carbocycles. The molecule has 0 aromatic heterocycles. The minimum atomic E-state index is -4.84. The molecule has 20 heavy (non-hydrogen) atoms. The summed E-state index contributed by atoms with van der Waals surface area (Å²) >= 11 is 0. The summed E-state index contributed by atoms with van der Waals surface area (Å²) in [5.74, 6) is -0.963. The first-order valence-electron chi connectivity index (χ1n) is 6.11. The van der Waals surface area contributed by atoms with Gasteiger partial charge in [-0.2, -0.15) is 0 Å². The van der Waals surface area contributed by atoms with Gasteiger partial charge in [-0.1, -0.05) is 18.7 Å². The number of nitrogens with zero attached hydrogens (tertiary/aromatic N) is 1. The number of hydrogen-bond acceptors (Lipinski definition) is 2. The van der Waals surface area contributed by atoms with Crippen LogP contribution in [0, 0.1) is 0 Å². The number of rotatable bonds is 4. The van der Waals surface area contributed by atoms with Crippen LogP contribution in [-0.2, 0) is 0 Å². The largest absolute Gasteiger partial charge is 0.573 e. The first-order valence-corrected chi connectivity index (χ1v) is 6.11. The Balaban J connectivity index is 2.34. The maximum Gasteiger partial charge on any atom is 0.573 e. The SMILES string of the molecule is C=Cc1ccc(C(=O)N(C)C2CC2)c(OC(F)(F)F)c1. The van der Waals surface area contributed by atoms with Crippen LogP contribution in [0.3, 0.4) is 0 Å². The maximum absolute atomic E-state index is 12.4. The zero-order valence-corrected chi connectivity index (χ0v) is 10.9. The second-order valence-electron chi connectivity index (χ2n) is 4.65. The lowest BCUT2D eigenvalue weighted by Crippen LogP contribution is -2.30. The lowest BCUT2D eigenvalue weighted by molar-refractivity contribution is -0.274. The van der Waals surface area contributed by atoms with Crippen molar-refractivity contribution in [3.8, 4) is 5.75 Å². The van der Waals surface area contributed by atoms with Crippen LogP contribution < -0.4 is 4.74 Å². The molecule has 0 unspecified atom stereocenters. The van der Waals surface area contributed by atoms with E-state index < -0.39 is 18.0 Å². The molecule has 0 heterocycles. The van der Waals surface area contributed by atoms with E-state index in [0.717, 1.165) is 18.9 Å². The highest BCUT2D eigenvalue weighted by Gasteiger charge is 2.35. The van der Waals surface area contributed by atoms with E-state index in [2.05, 4.69) is 11.3 Å². The molecule has 0 aliphatic heterocycles. The third-order valence-corrected chi connectivity index (χ3v) is 3.11. The molecular formula is C14H14F3NO2. The highest BCUT2D eigenvalue weighted by atomic mass is 19.4. The summed E-state index contributed by atoms with van der Waals surface area (Å²) in [4.78, 5) is 13.6. The number of benzene rings is 1. The van der Waals surface area contributed by atoms with Crippen LogP contribution >= 0.6 is 0 Å². The summed E-state index contributed by atoms with van der Waals surface area (Å²) in [5.41, 5.74) is 0.359. The van der Waals surface area contributed by atoms with Crippen LogP contribution in [0.25, 0.3) is 6.08 Å². The van der Waals surface area contributed by atoms with Crippen LogP contribution in [0.4, 0.5) is 13.2 Å². The van der Waals surface area contributed by atoms with Crippen molar-refractivity contribution in [1.82, 2.24) is 4.90 Å². The standard InChI is InChI=1S/C14H14F3NO2/c1-3-9-4-7-11(12(8-9)20-14(15,16)17)13(19)18(2)10-5-6-10/h3-4,7-8,10H,1,5-6H2,2H3. The Bertz CT molecular complexity index is 536. The first kappa shape index (κ1) is 14.4. The topological polar surface area (TPSA) is 29.5 Å². The molecular weight excluding hydrogens is 271 g/mol. The molecule has 1 fully saturated rings. The number of hydrogen-bond donors (Lipinski definition) is 0. The lowest BCUT2D eigenvalue weighted by Gasteiger charge is -2.19. The van der Waals surface area contributed by atoms with Gasteiger partial charge in [0.1, 0.15) is 5.75 Å². The summed E-state index contributed by atoms with van der Waals surface area (Å²) in [6.45, 7) is 3.48. The molecule has 0 atom stereocenters. The van der Waals surface area contributed by atoms with E-state index in [1.165, 1.54) is 23.1 Å². The average Bonchev–Trinajstić information content (AvgIpc) is 3.19. The molecule has 0 spiro atoms. The minimum Gasteiger partial charge on any atom is -0.405 e. The molecule has 6 heteroatoms. The van der Waals surface area contributed by atoms with E-state index in [1.807, 2.05) is 0 Å². The predicted molar refractivity (Wildman–Crippen MR) is 68.3 cm³/mol. The molecule has 1 amide bonds. The Kier molecular flexibility index (Phi) is 3.74. The van der Waals surface area contributed by atoms with Crippen LogP contribution in [0.15, 0.2) is 24.8 Å². The van der Waals surface area contributed by atoms with Gasteiger partial charge in [-0.3, -0.25) is 4.79 Å². The van der Waals surface area contributed by atoms with E-state index in [9.17, 15) is 18.0 Å². The van der Waals surface area contributed by atoms with E-state index in [-0.39, 0.29) is 11.6 Å². The molecule has 1 aliphatic rings. The third kappa shape index (κ3) is 3.31. The summed E-state index contributed by atoms with van der Waals surface area (Å²) < 4.78 is 41.2. The monoisotopic (exact) mass is 285 g/mol. The molecule has 2 rings (SSSR count). The smallest absolute Gasteiger partial charge is 0.405 e. The van der Waals surface area contributed by atoms with Gasteiger partial charge in [0, 0.05) is 13.1 Å². The molecule has 0 saturated heterocycles. The molecule has 1 aromatic rings. The zero-order chi connectivity index (χ0) is 14.9. The predicted octanol–water partition coefficient (Wildman–Crippen LogP) is 3.46. The van der Waals surface area contributed by atoms with Gasteiger partial charge in [-0.05, 0) is 30.5 Å². The van der Waals surface area contributed by atoms with Gasteiger partial charge in [0.2, 0.25) is 0 Å². The molecule has 108 valence electrons. The lowest BCUT2D eigenvalue weighted by atomic mass is 10.1. The van der Waals surface area contributed by atoms with Crippen molar-refractivity contribution in [2.24, 2.45) is 0 Å². The highest BCUT2D eigenvalue weighted by molar-refractivity contribution is 5.97. The fourth-order valence-electron chi connectivity index (χ4n) is 1.87. The van der Waals surface area contributed by atoms with E-state index in [1.54, 1.807) is 7.05 Å². The molecule has 1 saturated carbocycles. The van der Waals surface area contributed by atoms with E-state index in [0.29, 0.717) is 5.56 Å². The van der Waals surface area contributed by atoms with Crippen LogP contribution in [-0.4, -0.2) is 30.3 Å². The number of halogens is 3. The van der Waals surface area contributed by atoms with Crippen molar-refractivity contribution in [3.63, 3.8) is 0 Å². The average molecular weight is 285 g/mol. The van der Waals surface area contributed by atoms with Gasteiger partial charge >= 0.3 is 6.36 Å². The van der Waals surface area contributed by atoms with E-state index in [4.69, 9.17) is 0 Å².